The molecule has 8 heteroatoms. The summed E-state index contributed by atoms with van der Waals surface area (Å²) in [6.07, 6.45) is 0. The van der Waals surface area contributed by atoms with Crippen LogP contribution in [0.2, 0.25) is 0 Å². The van der Waals surface area contributed by atoms with Gasteiger partial charge < -0.3 is 10.2 Å². The monoisotopic (exact) mass is 478 g/mol. The first-order chi connectivity index (χ1) is 16.4. The summed E-state index contributed by atoms with van der Waals surface area (Å²) in [7, 11) is -1.57. The topological polar surface area (TPSA) is 81.8 Å². The molecule has 1 heterocycles. The molecule has 1 amide bonds. The van der Waals surface area contributed by atoms with Crippen LogP contribution in [0, 0.1) is 0 Å². The predicted octanol–water partition coefficient (Wildman–Crippen LogP) is 3.16. The summed E-state index contributed by atoms with van der Waals surface area (Å²) in [4.78, 5) is 17.7. The van der Waals surface area contributed by atoms with E-state index in [-0.39, 0.29) is 10.8 Å². The van der Waals surface area contributed by atoms with Crippen molar-refractivity contribution in [2.45, 2.75) is 18.0 Å². The maximum atomic E-state index is 12.7. The fourth-order valence-corrected chi connectivity index (χ4v) is 4.99. The van der Waals surface area contributed by atoms with Crippen LogP contribution in [0.25, 0.3) is 0 Å². The van der Waals surface area contributed by atoms with Gasteiger partial charge in [0.15, 0.2) is 0 Å². The molecule has 178 valence electrons. The summed E-state index contributed by atoms with van der Waals surface area (Å²) < 4.78 is 27.7. The van der Waals surface area contributed by atoms with Crippen molar-refractivity contribution in [1.29, 1.82) is 0 Å². The number of hydrogen-bond donors (Lipinski definition) is 2. The molecule has 1 aliphatic rings. The predicted molar refractivity (Wildman–Crippen MR) is 134 cm³/mol. The highest BCUT2D eigenvalue weighted by atomic mass is 32.2. The molecule has 3 aromatic carbocycles. The van der Waals surface area contributed by atoms with Crippen LogP contribution in [0.5, 0.6) is 0 Å². The zero-order valence-electron chi connectivity index (χ0n) is 19.3. The first kappa shape index (κ1) is 23.9. The second-order valence-corrected chi connectivity index (χ2v) is 10.3. The van der Waals surface area contributed by atoms with E-state index in [1.165, 1.54) is 17.7 Å². The molecule has 0 saturated carbocycles. The Hall–Kier alpha value is -3.20. The molecule has 1 fully saturated rings. The molecular weight excluding hydrogens is 448 g/mol. The van der Waals surface area contributed by atoms with Crippen molar-refractivity contribution >= 4 is 21.6 Å². The second-order valence-electron chi connectivity index (χ2n) is 8.58. The Morgan fingerprint density at radius 2 is 1.56 bits per heavy atom. The van der Waals surface area contributed by atoms with Gasteiger partial charge in [-0.2, -0.15) is 0 Å². The third kappa shape index (κ3) is 6.44. The van der Waals surface area contributed by atoms with Gasteiger partial charge in [-0.05, 0) is 48.5 Å². The number of likely N-dealkylation sites (N-methyl/N-ethyl adjacent to an activating group) is 1. The van der Waals surface area contributed by atoms with Gasteiger partial charge in [-0.25, -0.2) is 8.42 Å². The third-order valence-electron chi connectivity index (χ3n) is 5.88. The Kier molecular flexibility index (Phi) is 7.62. The van der Waals surface area contributed by atoms with Crippen molar-refractivity contribution in [3.05, 3.63) is 95.6 Å². The molecule has 0 unspecified atom stereocenters. The Balaban J connectivity index is 1.35. The first-order valence-electron chi connectivity index (χ1n) is 11.3. The third-order valence-corrected chi connectivity index (χ3v) is 7.27. The minimum absolute atomic E-state index is 0.168. The van der Waals surface area contributed by atoms with Gasteiger partial charge >= 0.3 is 0 Å². The molecule has 4 rings (SSSR count). The highest BCUT2D eigenvalue weighted by molar-refractivity contribution is 7.92. The lowest BCUT2D eigenvalue weighted by molar-refractivity contribution is 0.0951. The second kappa shape index (κ2) is 10.8. The number of sulfonamides is 1. The van der Waals surface area contributed by atoms with Crippen molar-refractivity contribution in [3.8, 4) is 0 Å². The number of piperazine rings is 1. The Morgan fingerprint density at radius 3 is 2.32 bits per heavy atom. The average molecular weight is 479 g/mol. The van der Waals surface area contributed by atoms with Crippen LogP contribution in [-0.4, -0.2) is 57.4 Å². The maximum absolute atomic E-state index is 12.7. The highest BCUT2D eigenvalue weighted by Gasteiger charge is 2.16. The molecule has 1 aliphatic heterocycles. The number of carbonyl (C=O) groups excluding carboxylic acids is 1. The van der Waals surface area contributed by atoms with Crippen molar-refractivity contribution in [1.82, 2.24) is 15.1 Å². The molecule has 1 saturated heterocycles. The SMILES string of the molecule is CN1CCN(Cc2cccc(CNC(=O)c3cccc(NS(=O)(=O)c4ccccc4)c3)c2)CC1. The standard InChI is InChI=1S/C26H30N4O3S/c1-29-13-15-30(16-14-29)20-22-8-5-7-21(17-22)19-27-26(31)23-9-6-10-24(18-23)28-34(32,33)25-11-3-2-4-12-25/h2-12,17-18,28H,13-16,19-20H2,1H3,(H,27,31). The van der Waals surface area contributed by atoms with Gasteiger partial charge in [0, 0.05) is 50.5 Å². The summed E-state index contributed by atoms with van der Waals surface area (Å²) in [5, 5.41) is 2.94. The zero-order valence-corrected chi connectivity index (χ0v) is 20.1. The number of anilines is 1. The summed E-state index contributed by atoms with van der Waals surface area (Å²) in [5.74, 6) is -0.259. The van der Waals surface area contributed by atoms with Gasteiger partial charge in [0.25, 0.3) is 15.9 Å². The number of nitrogens with one attached hydrogen (secondary N) is 2. The molecule has 0 radical (unpaired) electrons. The van der Waals surface area contributed by atoms with Crippen molar-refractivity contribution in [2.24, 2.45) is 0 Å². The molecule has 0 atom stereocenters. The normalized spacial score (nSPS) is 15.1. The minimum Gasteiger partial charge on any atom is -0.348 e. The summed E-state index contributed by atoms with van der Waals surface area (Å²) in [6.45, 7) is 5.57. The molecule has 0 aromatic heterocycles. The van der Waals surface area contributed by atoms with Gasteiger partial charge in [0.1, 0.15) is 0 Å². The van der Waals surface area contributed by atoms with Crippen LogP contribution in [0.4, 0.5) is 5.69 Å². The number of benzene rings is 3. The molecule has 34 heavy (non-hydrogen) atoms. The van der Waals surface area contributed by atoms with Gasteiger partial charge in [-0.3, -0.25) is 14.4 Å². The average Bonchev–Trinajstić information content (AvgIpc) is 2.85. The number of rotatable bonds is 8. The van der Waals surface area contributed by atoms with Crippen molar-refractivity contribution < 1.29 is 13.2 Å². The van der Waals surface area contributed by atoms with E-state index in [9.17, 15) is 13.2 Å². The number of nitrogens with zero attached hydrogens (tertiary/aromatic N) is 2. The van der Waals surface area contributed by atoms with E-state index in [0.29, 0.717) is 17.8 Å². The van der Waals surface area contributed by atoms with Crippen LogP contribution >= 0.6 is 0 Å². The summed E-state index contributed by atoms with van der Waals surface area (Å²) in [6, 6.07) is 22.9. The number of amides is 1. The van der Waals surface area contributed by atoms with Crippen LogP contribution in [0.3, 0.4) is 0 Å². The number of carbonyl (C=O) groups is 1. The van der Waals surface area contributed by atoms with E-state index in [1.807, 2.05) is 12.1 Å². The lowest BCUT2D eigenvalue weighted by atomic mass is 10.1. The highest BCUT2D eigenvalue weighted by Crippen LogP contribution is 2.17. The molecule has 3 aromatic rings. The fourth-order valence-electron chi connectivity index (χ4n) is 3.92. The largest absolute Gasteiger partial charge is 0.348 e. The van der Waals surface area contributed by atoms with Gasteiger partial charge in [0.05, 0.1) is 4.90 Å². The van der Waals surface area contributed by atoms with Crippen LogP contribution in [-0.2, 0) is 23.1 Å². The lowest BCUT2D eigenvalue weighted by Gasteiger charge is -2.32. The summed E-state index contributed by atoms with van der Waals surface area (Å²) >= 11 is 0. The van der Waals surface area contributed by atoms with E-state index in [1.54, 1.807) is 42.5 Å². The summed E-state index contributed by atoms with van der Waals surface area (Å²) in [5.41, 5.74) is 2.99. The van der Waals surface area contributed by atoms with Crippen molar-refractivity contribution in [2.75, 3.05) is 37.9 Å². The van der Waals surface area contributed by atoms with Gasteiger partial charge in [-0.1, -0.05) is 48.5 Å². The van der Waals surface area contributed by atoms with E-state index in [2.05, 4.69) is 39.0 Å². The Morgan fingerprint density at radius 1 is 0.853 bits per heavy atom. The lowest BCUT2D eigenvalue weighted by Crippen LogP contribution is -2.43. The van der Waals surface area contributed by atoms with E-state index >= 15 is 0 Å². The Labute approximate surface area is 201 Å². The van der Waals surface area contributed by atoms with Gasteiger partial charge in [-0.15, -0.1) is 0 Å². The maximum Gasteiger partial charge on any atom is 0.261 e. The molecule has 0 aliphatic carbocycles. The number of hydrogen-bond acceptors (Lipinski definition) is 5. The molecule has 0 bridgehead atoms. The first-order valence-corrected chi connectivity index (χ1v) is 12.8. The zero-order chi connectivity index (χ0) is 24.0. The van der Waals surface area contributed by atoms with Crippen LogP contribution < -0.4 is 10.0 Å². The fraction of sp³-hybridized carbons (Fsp3) is 0.269. The van der Waals surface area contributed by atoms with E-state index < -0.39 is 10.0 Å². The van der Waals surface area contributed by atoms with E-state index in [0.717, 1.165) is 38.3 Å². The minimum atomic E-state index is -3.72. The van der Waals surface area contributed by atoms with Crippen LogP contribution in [0.15, 0.2) is 83.8 Å². The van der Waals surface area contributed by atoms with Crippen molar-refractivity contribution in [3.63, 3.8) is 0 Å². The van der Waals surface area contributed by atoms with Gasteiger partial charge in [0.2, 0.25) is 0 Å². The molecule has 0 spiro atoms. The smallest absolute Gasteiger partial charge is 0.261 e. The molecule has 2 N–H and O–H groups in total. The quantitative estimate of drug-likeness (QED) is 0.520. The molecular formula is C26H30N4O3S. The van der Waals surface area contributed by atoms with Crippen LogP contribution in [0.1, 0.15) is 21.5 Å². The molecule has 7 nitrogen and oxygen atoms in total. The van der Waals surface area contributed by atoms with E-state index in [4.69, 9.17) is 0 Å². The Bertz CT molecular complexity index is 1220.